The van der Waals surface area contributed by atoms with Gasteiger partial charge in [0.15, 0.2) is 5.82 Å². The van der Waals surface area contributed by atoms with E-state index in [9.17, 15) is 9.59 Å². The van der Waals surface area contributed by atoms with Gasteiger partial charge in [-0.05, 0) is 37.5 Å². The first-order valence-corrected chi connectivity index (χ1v) is 11.6. The van der Waals surface area contributed by atoms with Crippen molar-refractivity contribution >= 4 is 33.5 Å². The number of anilines is 1. The van der Waals surface area contributed by atoms with E-state index in [0.717, 1.165) is 34.1 Å². The van der Waals surface area contributed by atoms with Crippen molar-refractivity contribution in [2.75, 3.05) is 5.32 Å². The first-order chi connectivity index (χ1) is 17.0. The third-order valence-corrected chi connectivity index (χ3v) is 6.07. The van der Waals surface area contributed by atoms with Gasteiger partial charge in [-0.2, -0.15) is 4.98 Å². The van der Waals surface area contributed by atoms with Crippen LogP contribution in [0.15, 0.2) is 58.1 Å². The molecule has 1 amide bonds. The van der Waals surface area contributed by atoms with Gasteiger partial charge in [0.2, 0.25) is 11.8 Å². The number of rotatable bonds is 7. The number of hydrogen-bond acceptors (Lipinski definition) is 6. The third kappa shape index (κ3) is 4.21. The van der Waals surface area contributed by atoms with E-state index >= 15 is 0 Å². The van der Waals surface area contributed by atoms with E-state index in [0.29, 0.717) is 29.2 Å². The van der Waals surface area contributed by atoms with Crippen LogP contribution in [0.4, 0.5) is 5.69 Å². The van der Waals surface area contributed by atoms with Crippen molar-refractivity contribution in [3.05, 3.63) is 82.0 Å². The maximum absolute atomic E-state index is 13.6. The number of carbonyl (C=O) groups excluding carboxylic acids is 1. The highest BCUT2D eigenvalue weighted by Gasteiger charge is 2.19. The van der Waals surface area contributed by atoms with Crippen LogP contribution in [0, 0.1) is 13.8 Å². The van der Waals surface area contributed by atoms with Crippen molar-refractivity contribution in [2.24, 2.45) is 0 Å². The van der Waals surface area contributed by atoms with Gasteiger partial charge < -0.3 is 14.4 Å². The second kappa shape index (κ2) is 9.17. The molecule has 0 bridgehead atoms. The molecule has 0 aliphatic carbocycles. The van der Waals surface area contributed by atoms with Gasteiger partial charge in [-0.15, -0.1) is 0 Å². The Morgan fingerprint density at radius 1 is 1.09 bits per heavy atom. The van der Waals surface area contributed by atoms with Crippen LogP contribution in [-0.2, 0) is 24.3 Å². The second-order valence-corrected chi connectivity index (χ2v) is 8.65. The molecule has 0 saturated carbocycles. The molecule has 3 heterocycles. The average molecular weight is 471 g/mol. The molecule has 0 spiro atoms. The van der Waals surface area contributed by atoms with Crippen molar-refractivity contribution in [1.82, 2.24) is 24.3 Å². The van der Waals surface area contributed by atoms with Gasteiger partial charge in [-0.1, -0.05) is 48.5 Å². The van der Waals surface area contributed by atoms with Crippen molar-refractivity contribution in [1.29, 1.82) is 0 Å². The van der Waals surface area contributed by atoms with Gasteiger partial charge in [0, 0.05) is 17.5 Å². The molecule has 5 aromatic rings. The Morgan fingerprint density at radius 2 is 1.86 bits per heavy atom. The molecule has 178 valence electrons. The zero-order valence-electron chi connectivity index (χ0n) is 19.9. The van der Waals surface area contributed by atoms with Gasteiger partial charge in [0.1, 0.15) is 24.1 Å². The van der Waals surface area contributed by atoms with Crippen LogP contribution in [0.25, 0.3) is 21.9 Å². The van der Waals surface area contributed by atoms with E-state index < -0.39 is 0 Å². The summed E-state index contributed by atoms with van der Waals surface area (Å²) in [7, 11) is 0. The van der Waals surface area contributed by atoms with Crippen molar-refractivity contribution in [3.63, 3.8) is 0 Å². The van der Waals surface area contributed by atoms with E-state index in [1.165, 1.54) is 10.9 Å². The van der Waals surface area contributed by atoms with Gasteiger partial charge in [-0.25, -0.2) is 4.98 Å². The average Bonchev–Trinajstić information content (AvgIpc) is 3.41. The standard InChI is InChI=1S/C26H26N6O3/c1-4-8-20-28-22(35-30-20)14-31-15-27-24-18-11-5-6-12-19(18)32(25(24)26(31)34)13-21(33)29-23-16(2)9-7-10-17(23)3/h5-7,9-12,15H,4,8,13-14H2,1-3H3,(H,29,33). The number of benzene rings is 2. The summed E-state index contributed by atoms with van der Waals surface area (Å²) < 4.78 is 8.48. The number of nitrogens with one attached hydrogen (secondary N) is 1. The van der Waals surface area contributed by atoms with Crippen molar-refractivity contribution in [3.8, 4) is 0 Å². The fourth-order valence-electron chi connectivity index (χ4n) is 4.38. The highest BCUT2D eigenvalue weighted by Crippen LogP contribution is 2.26. The summed E-state index contributed by atoms with van der Waals surface area (Å²) in [5.41, 5.74) is 4.15. The monoisotopic (exact) mass is 470 g/mol. The van der Waals surface area contributed by atoms with Crippen LogP contribution in [0.1, 0.15) is 36.2 Å². The van der Waals surface area contributed by atoms with Crippen molar-refractivity contribution < 1.29 is 9.32 Å². The second-order valence-electron chi connectivity index (χ2n) is 8.65. The lowest BCUT2D eigenvalue weighted by Gasteiger charge is -2.13. The summed E-state index contributed by atoms with van der Waals surface area (Å²) in [6, 6.07) is 13.4. The molecular weight excluding hydrogens is 444 g/mol. The Morgan fingerprint density at radius 3 is 2.63 bits per heavy atom. The molecule has 9 nitrogen and oxygen atoms in total. The summed E-state index contributed by atoms with van der Waals surface area (Å²) in [6.45, 7) is 6.02. The number of aromatic nitrogens is 5. The predicted molar refractivity (Wildman–Crippen MR) is 133 cm³/mol. The Bertz CT molecular complexity index is 1590. The van der Waals surface area contributed by atoms with E-state index in [1.807, 2.05) is 63.2 Å². The van der Waals surface area contributed by atoms with Crippen LogP contribution < -0.4 is 10.9 Å². The number of fused-ring (bicyclic) bond motifs is 3. The fraction of sp³-hybridized carbons (Fsp3) is 0.269. The third-order valence-electron chi connectivity index (χ3n) is 6.07. The highest BCUT2D eigenvalue weighted by molar-refractivity contribution is 6.06. The summed E-state index contributed by atoms with van der Waals surface area (Å²) in [5, 5.41) is 7.79. The normalized spacial score (nSPS) is 11.4. The minimum atomic E-state index is -0.277. The SMILES string of the molecule is CCCc1noc(Cn2cnc3c4ccccc4n(CC(=O)Nc4c(C)cccc4C)c3c2=O)n1. The molecule has 0 aliphatic heterocycles. The molecule has 0 saturated heterocycles. The molecule has 0 radical (unpaired) electrons. The topological polar surface area (TPSA) is 108 Å². The molecule has 0 unspecified atom stereocenters. The van der Waals surface area contributed by atoms with Crippen LogP contribution in [-0.4, -0.2) is 30.2 Å². The Balaban J connectivity index is 1.55. The van der Waals surface area contributed by atoms with Crippen LogP contribution in [0.5, 0.6) is 0 Å². The minimum Gasteiger partial charge on any atom is -0.337 e. The van der Waals surface area contributed by atoms with Gasteiger partial charge in [-0.3, -0.25) is 14.2 Å². The zero-order valence-corrected chi connectivity index (χ0v) is 19.9. The highest BCUT2D eigenvalue weighted by atomic mass is 16.5. The van der Waals surface area contributed by atoms with Gasteiger partial charge >= 0.3 is 0 Å². The minimum absolute atomic E-state index is 0.0279. The summed E-state index contributed by atoms with van der Waals surface area (Å²) in [6.07, 6.45) is 3.10. The van der Waals surface area contributed by atoms with E-state index in [2.05, 4.69) is 20.4 Å². The first-order valence-electron chi connectivity index (χ1n) is 11.6. The number of hydrogen-bond donors (Lipinski definition) is 1. The van der Waals surface area contributed by atoms with E-state index in [-0.39, 0.29) is 24.6 Å². The molecular formula is C26H26N6O3. The smallest absolute Gasteiger partial charge is 0.278 e. The molecule has 1 N–H and O–H groups in total. The Labute approximate surface area is 201 Å². The van der Waals surface area contributed by atoms with E-state index in [4.69, 9.17) is 4.52 Å². The Kier molecular flexibility index (Phi) is 5.90. The summed E-state index contributed by atoms with van der Waals surface area (Å²) in [5.74, 6) is 0.731. The molecule has 35 heavy (non-hydrogen) atoms. The molecule has 0 atom stereocenters. The molecule has 9 heteroatoms. The Hall–Kier alpha value is -4.27. The van der Waals surface area contributed by atoms with Crippen LogP contribution in [0.2, 0.25) is 0 Å². The fourth-order valence-corrected chi connectivity index (χ4v) is 4.38. The predicted octanol–water partition coefficient (Wildman–Crippen LogP) is 3.99. The molecule has 0 fully saturated rings. The first kappa shape index (κ1) is 22.5. The summed E-state index contributed by atoms with van der Waals surface area (Å²) in [4.78, 5) is 35.6. The molecule has 2 aromatic carbocycles. The maximum atomic E-state index is 13.6. The molecule has 5 rings (SSSR count). The number of nitrogens with zero attached hydrogens (tertiary/aromatic N) is 5. The zero-order chi connectivity index (χ0) is 24.5. The van der Waals surface area contributed by atoms with Crippen LogP contribution >= 0.6 is 0 Å². The lowest BCUT2D eigenvalue weighted by Crippen LogP contribution is -2.26. The van der Waals surface area contributed by atoms with E-state index in [1.54, 1.807) is 4.57 Å². The quantitative estimate of drug-likeness (QED) is 0.385. The van der Waals surface area contributed by atoms with Gasteiger partial charge in [0.05, 0.1) is 11.8 Å². The number of para-hydroxylation sites is 2. The van der Waals surface area contributed by atoms with Crippen molar-refractivity contribution in [2.45, 2.75) is 46.7 Å². The maximum Gasteiger partial charge on any atom is 0.278 e. The number of aryl methyl sites for hydroxylation is 3. The molecule has 3 aromatic heterocycles. The van der Waals surface area contributed by atoms with Crippen LogP contribution in [0.3, 0.4) is 0 Å². The number of amides is 1. The van der Waals surface area contributed by atoms with Gasteiger partial charge in [0.25, 0.3) is 5.56 Å². The lowest BCUT2D eigenvalue weighted by atomic mass is 10.1. The lowest BCUT2D eigenvalue weighted by molar-refractivity contribution is -0.116. The largest absolute Gasteiger partial charge is 0.337 e. The number of carbonyl (C=O) groups is 1. The molecule has 0 aliphatic rings. The summed E-state index contributed by atoms with van der Waals surface area (Å²) >= 11 is 0.